The van der Waals surface area contributed by atoms with Crippen molar-refractivity contribution in [2.24, 2.45) is 0 Å². The molecule has 3 N–H and O–H groups in total. The number of hydrogen-bond acceptors (Lipinski definition) is 4. The molecule has 1 amide bonds. The highest BCUT2D eigenvalue weighted by atomic mass is 16.2. The number of nitrogens with zero attached hydrogens (tertiary/aromatic N) is 2. The zero-order valence-electron chi connectivity index (χ0n) is 17.9. The van der Waals surface area contributed by atoms with Crippen LogP contribution in [0.25, 0.3) is 0 Å². The summed E-state index contributed by atoms with van der Waals surface area (Å²) in [6.07, 6.45) is 2.44. The van der Waals surface area contributed by atoms with Gasteiger partial charge in [-0.2, -0.15) is 0 Å². The summed E-state index contributed by atoms with van der Waals surface area (Å²) >= 11 is 0. The zero-order valence-corrected chi connectivity index (χ0v) is 17.9. The number of rotatable bonds is 8. The van der Waals surface area contributed by atoms with Crippen molar-refractivity contribution in [3.05, 3.63) is 92.1 Å². The van der Waals surface area contributed by atoms with Crippen LogP contribution < -0.4 is 21.9 Å². The van der Waals surface area contributed by atoms with Crippen molar-refractivity contribution in [2.75, 3.05) is 10.6 Å². The minimum Gasteiger partial charge on any atom is -0.383 e. The Labute approximate surface area is 181 Å². The van der Waals surface area contributed by atoms with E-state index in [0.29, 0.717) is 12.1 Å². The maximum atomic E-state index is 13.5. The molecule has 1 heterocycles. The molecule has 0 unspecified atom stereocenters. The van der Waals surface area contributed by atoms with Crippen molar-refractivity contribution in [1.82, 2.24) is 9.55 Å². The van der Waals surface area contributed by atoms with E-state index in [1.165, 1.54) is 9.47 Å². The third-order valence-electron chi connectivity index (χ3n) is 5.26. The van der Waals surface area contributed by atoms with Crippen LogP contribution >= 0.6 is 0 Å². The molecule has 0 aliphatic carbocycles. The average molecular weight is 421 g/mol. The SMILES string of the molecule is CCCCn1c(N)c(N(Cc2ccccc2)C(=O)c2ccc(CC)cc2)c(=O)[nH]c1=O. The number of anilines is 2. The van der Waals surface area contributed by atoms with Gasteiger partial charge < -0.3 is 5.73 Å². The lowest BCUT2D eigenvalue weighted by atomic mass is 10.1. The molecule has 1 aromatic heterocycles. The van der Waals surface area contributed by atoms with Gasteiger partial charge >= 0.3 is 5.69 Å². The lowest BCUT2D eigenvalue weighted by Gasteiger charge is -2.25. The van der Waals surface area contributed by atoms with Gasteiger partial charge in [0, 0.05) is 12.1 Å². The van der Waals surface area contributed by atoms with E-state index in [1.807, 2.05) is 56.3 Å². The standard InChI is InChI=1S/C24H28N4O3/c1-3-5-15-27-21(25)20(22(29)26-24(27)31)28(16-18-9-7-6-8-10-18)23(30)19-13-11-17(4-2)12-14-19/h6-14H,3-5,15-16,25H2,1-2H3,(H,26,29,31). The Morgan fingerprint density at radius 2 is 1.68 bits per heavy atom. The molecule has 162 valence electrons. The van der Waals surface area contributed by atoms with Crippen LogP contribution in [0.4, 0.5) is 11.5 Å². The van der Waals surface area contributed by atoms with E-state index in [1.54, 1.807) is 12.1 Å². The van der Waals surface area contributed by atoms with Gasteiger partial charge in [0.15, 0.2) is 5.69 Å². The number of carbonyl (C=O) groups is 1. The molecule has 7 heteroatoms. The molecule has 2 aromatic carbocycles. The van der Waals surface area contributed by atoms with Gasteiger partial charge in [-0.3, -0.25) is 24.0 Å². The molecule has 0 saturated carbocycles. The molecule has 0 atom stereocenters. The summed E-state index contributed by atoms with van der Waals surface area (Å²) < 4.78 is 1.33. The molecule has 0 bridgehead atoms. The summed E-state index contributed by atoms with van der Waals surface area (Å²) in [7, 11) is 0. The van der Waals surface area contributed by atoms with Crippen molar-refractivity contribution in [2.45, 2.75) is 46.2 Å². The molecular formula is C24H28N4O3. The Morgan fingerprint density at radius 3 is 2.29 bits per heavy atom. The van der Waals surface area contributed by atoms with E-state index < -0.39 is 11.2 Å². The number of hydrogen-bond donors (Lipinski definition) is 2. The second-order valence-electron chi connectivity index (χ2n) is 7.43. The molecule has 0 aliphatic rings. The molecule has 0 radical (unpaired) electrons. The Balaban J connectivity index is 2.13. The van der Waals surface area contributed by atoms with Crippen molar-refractivity contribution in [3.8, 4) is 0 Å². The van der Waals surface area contributed by atoms with Crippen molar-refractivity contribution >= 4 is 17.4 Å². The van der Waals surface area contributed by atoms with Crippen LogP contribution in [-0.4, -0.2) is 15.5 Å². The van der Waals surface area contributed by atoms with Crippen LogP contribution in [0.2, 0.25) is 0 Å². The molecule has 3 aromatic rings. The number of aryl methyl sites for hydroxylation is 1. The first-order valence-electron chi connectivity index (χ1n) is 10.5. The van der Waals surface area contributed by atoms with E-state index in [4.69, 9.17) is 5.73 Å². The fraction of sp³-hybridized carbons (Fsp3) is 0.292. The van der Waals surface area contributed by atoms with E-state index in [0.717, 1.165) is 30.4 Å². The highest BCUT2D eigenvalue weighted by Gasteiger charge is 2.25. The maximum absolute atomic E-state index is 13.5. The number of nitrogens with two attached hydrogens (primary N) is 1. The predicted molar refractivity (Wildman–Crippen MR) is 123 cm³/mol. The number of nitrogens with one attached hydrogen (secondary N) is 1. The first kappa shape index (κ1) is 22.1. The summed E-state index contributed by atoms with van der Waals surface area (Å²) in [5, 5.41) is 0. The van der Waals surface area contributed by atoms with Gasteiger partial charge in [0.2, 0.25) is 0 Å². The van der Waals surface area contributed by atoms with E-state index >= 15 is 0 Å². The van der Waals surface area contributed by atoms with Crippen molar-refractivity contribution in [1.29, 1.82) is 0 Å². The van der Waals surface area contributed by atoms with Gasteiger partial charge in [0.1, 0.15) is 5.82 Å². The molecule has 0 fully saturated rings. The molecule has 0 spiro atoms. The Morgan fingerprint density at radius 1 is 1.00 bits per heavy atom. The van der Waals surface area contributed by atoms with Crippen LogP contribution in [0, 0.1) is 0 Å². The summed E-state index contributed by atoms with van der Waals surface area (Å²) in [5.74, 6) is -0.360. The van der Waals surface area contributed by atoms with Gasteiger partial charge in [-0.15, -0.1) is 0 Å². The molecule has 7 nitrogen and oxygen atoms in total. The second kappa shape index (κ2) is 9.93. The molecule has 31 heavy (non-hydrogen) atoms. The normalized spacial score (nSPS) is 10.8. The van der Waals surface area contributed by atoms with Crippen LogP contribution in [0.15, 0.2) is 64.2 Å². The summed E-state index contributed by atoms with van der Waals surface area (Å²) in [6, 6.07) is 16.6. The number of H-pyrrole nitrogens is 1. The molecule has 0 saturated heterocycles. The van der Waals surface area contributed by atoms with Crippen LogP contribution in [-0.2, 0) is 19.5 Å². The summed E-state index contributed by atoms with van der Waals surface area (Å²) in [4.78, 5) is 42.3. The fourth-order valence-electron chi connectivity index (χ4n) is 3.43. The number of aromatic amines is 1. The molecule has 0 aliphatic heterocycles. The number of aromatic nitrogens is 2. The van der Waals surface area contributed by atoms with Crippen LogP contribution in [0.3, 0.4) is 0 Å². The number of unbranched alkanes of at least 4 members (excludes halogenated alkanes) is 1. The van der Waals surface area contributed by atoms with E-state index in [2.05, 4.69) is 4.98 Å². The average Bonchev–Trinajstić information content (AvgIpc) is 2.78. The zero-order chi connectivity index (χ0) is 22.4. The van der Waals surface area contributed by atoms with Gasteiger partial charge in [-0.1, -0.05) is 62.7 Å². The van der Waals surface area contributed by atoms with Gasteiger partial charge in [-0.25, -0.2) is 4.79 Å². The predicted octanol–water partition coefficient (Wildman–Crippen LogP) is 3.33. The first-order valence-corrected chi connectivity index (χ1v) is 10.5. The largest absolute Gasteiger partial charge is 0.383 e. The number of amides is 1. The quantitative estimate of drug-likeness (QED) is 0.584. The third kappa shape index (κ3) is 4.94. The van der Waals surface area contributed by atoms with E-state index in [-0.39, 0.29) is 24.0 Å². The van der Waals surface area contributed by atoms with Gasteiger partial charge in [0.05, 0.1) is 6.54 Å². The molecule has 3 rings (SSSR count). The topological polar surface area (TPSA) is 101 Å². The monoisotopic (exact) mass is 420 g/mol. The van der Waals surface area contributed by atoms with Gasteiger partial charge in [-0.05, 0) is 36.1 Å². The van der Waals surface area contributed by atoms with E-state index in [9.17, 15) is 14.4 Å². The minimum atomic E-state index is -0.676. The Kier molecular flexibility index (Phi) is 7.07. The molecular weight excluding hydrogens is 392 g/mol. The van der Waals surface area contributed by atoms with Crippen LogP contribution in [0.1, 0.15) is 48.2 Å². The van der Waals surface area contributed by atoms with Crippen LogP contribution in [0.5, 0.6) is 0 Å². The van der Waals surface area contributed by atoms with Gasteiger partial charge in [0.25, 0.3) is 11.5 Å². The Bertz CT molecular complexity index is 1150. The number of benzene rings is 2. The highest BCUT2D eigenvalue weighted by Crippen LogP contribution is 2.22. The first-order chi connectivity index (χ1) is 15.0. The Hall–Kier alpha value is -3.61. The smallest absolute Gasteiger partial charge is 0.330 e. The minimum absolute atomic E-state index is 0.00309. The second-order valence-corrected chi connectivity index (χ2v) is 7.43. The third-order valence-corrected chi connectivity index (χ3v) is 5.26. The lowest BCUT2D eigenvalue weighted by molar-refractivity contribution is 0.0984. The highest BCUT2D eigenvalue weighted by molar-refractivity contribution is 6.07. The van der Waals surface area contributed by atoms with Crippen molar-refractivity contribution < 1.29 is 4.79 Å². The number of carbonyl (C=O) groups excluding carboxylic acids is 1. The number of nitrogen functional groups attached to an aromatic ring is 1. The van der Waals surface area contributed by atoms with Crippen molar-refractivity contribution in [3.63, 3.8) is 0 Å². The summed E-state index contributed by atoms with van der Waals surface area (Å²) in [5.41, 5.74) is 7.42. The lowest BCUT2D eigenvalue weighted by Crippen LogP contribution is -2.41. The maximum Gasteiger partial charge on any atom is 0.330 e. The summed E-state index contributed by atoms with van der Waals surface area (Å²) in [6.45, 7) is 4.55. The fourth-order valence-corrected chi connectivity index (χ4v) is 3.43.